The van der Waals surface area contributed by atoms with E-state index in [0.717, 1.165) is 55.7 Å². The van der Waals surface area contributed by atoms with Gasteiger partial charge in [-0.2, -0.15) is 11.8 Å². The number of hydrogen-bond acceptors (Lipinski definition) is 4. The maximum absolute atomic E-state index is 15.0. The minimum Gasteiger partial charge on any atom is -0.351 e. The van der Waals surface area contributed by atoms with Gasteiger partial charge < -0.3 is 15.1 Å². The Morgan fingerprint density at radius 3 is 2.81 bits per heavy atom. The molecule has 0 radical (unpaired) electrons. The number of amides is 1. The lowest BCUT2D eigenvalue weighted by Crippen LogP contribution is -2.58. The minimum absolute atomic E-state index is 0.0196. The van der Waals surface area contributed by atoms with Gasteiger partial charge in [0.05, 0.1) is 6.04 Å². The van der Waals surface area contributed by atoms with E-state index in [4.69, 9.17) is 4.99 Å². The molecule has 2 aliphatic heterocycles. The summed E-state index contributed by atoms with van der Waals surface area (Å²) in [4.78, 5) is 21.0. The first-order valence-electron chi connectivity index (χ1n) is 11.4. The summed E-state index contributed by atoms with van der Waals surface area (Å²) in [6.45, 7) is 7.55. The average Bonchev–Trinajstić information content (AvgIpc) is 2.80. The number of hydrogen-bond donors (Lipinski definition) is 1. The third-order valence-electron chi connectivity index (χ3n) is 7.03. The van der Waals surface area contributed by atoms with Crippen LogP contribution in [0.1, 0.15) is 31.7 Å². The lowest BCUT2D eigenvalue weighted by molar-refractivity contribution is -0.119. The van der Waals surface area contributed by atoms with Crippen molar-refractivity contribution in [3.63, 3.8) is 0 Å². The highest BCUT2D eigenvalue weighted by atomic mass is 32.2. The second-order valence-electron chi connectivity index (χ2n) is 8.80. The summed E-state index contributed by atoms with van der Waals surface area (Å²) in [5, 5.41) is 3.40. The van der Waals surface area contributed by atoms with Gasteiger partial charge in [-0.15, -0.1) is 0 Å². The van der Waals surface area contributed by atoms with Crippen molar-refractivity contribution < 1.29 is 13.6 Å². The predicted molar refractivity (Wildman–Crippen MR) is 126 cm³/mol. The Labute approximate surface area is 193 Å². The maximum Gasteiger partial charge on any atom is 0.210 e. The molecule has 0 bridgehead atoms. The predicted octanol–water partition coefficient (Wildman–Crippen LogP) is 3.28. The summed E-state index contributed by atoms with van der Waals surface area (Å²) in [6, 6.07) is 4.00. The lowest BCUT2D eigenvalue weighted by atomic mass is 9.72. The quantitative estimate of drug-likeness (QED) is 0.424. The molecule has 5 unspecified atom stereocenters. The number of amidine groups is 1. The van der Waals surface area contributed by atoms with Crippen molar-refractivity contribution in [2.45, 2.75) is 43.5 Å². The Morgan fingerprint density at radius 2 is 2.16 bits per heavy atom. The number of nitrogens with one attached hydrogen (secondary N) is 1. The van der Waals surface area contributed by atoms with Gasteiger partial charge in [-0.25, -0.2) is 8.78 Å². The summed E-state index contributed by atoms with van der Waals surface area (Å²) in [7, 11) is 1.81. The summed E-state index contributed by atoms with van der Waals surface area (Å²) >= 11 is 1.79. The van der Waals surface area contributed by atoms with Crippen LogP contribution in [0.15, 0.2) is 34.8 Å². The molecule has 0 aromatic heterocycles. The standard InChI is InChI=1S/C24H32F2N4OS/c1-4-16-11-19(24(27-3)30-8-7-28-13-15(30)2)22-23(32-10-9-29(22)14-31)21(16)18-6-5-17(25)12-20(18)26/h5-6,11-12,14-16,21-23,28H,4,7-10,13H2,1-3H3. The molecule has 5 nitrogen and oxygen atoms in total. The molecule has 0 spiro atoms. The average molecular weight is 463 g/mol. The maximum atomic E-state index is 15.0. The number of carbonyl (C=O) groups is 1. The van der Waals surface area contributed by atoms with E-state index in [1.54, 1.807) is 17.8 Å². The Balaban J connectivity index is 1.83. The molecule has 1 amide bonds. The summed E-state index contributed by atoms with van der Waals surface area (Å²) in [5.74, 6) is 0.585. The molecule has 1 aromatic carbocycles. The molecule has 1 N–H and O–H groups in total. The molecular formula is C24H32F2N4OS. The second-order valence-corrected chi connectivity index (χ2v) is 10.1. The van der Waals surface area contributed by atoms with Crippen LogP contribution in [0.25, 0.3) is 0 Å². The van der Waals surface area contributed by atoms with Crippen LogP contribution < -0.4 is 5.32 Å². The second kappa shape index (κ2) is 9.91. The molecule has 2 heterocycles. The van der Waals surface area contributed by atoms with E-state index in [1.165, 1.54) is 6.07 Å². The van der Waals surface area contributed by atoms with Gasteiger partial charge in [0.1, 0.15) is 17.5 Å². The summed E-state index contributed by atoms with van der Waals surface area (Å²) < 4.78 is 28.6. The topological polar surface area (TPSA) is 47.9 Å². The van der Waals surface area contributed by atoms with Crippen molar-refractivity contribution in [1.29, 1.82) is 0 Å². The van der Waals surface area contributed by atoms with Crippen LogP contribution in [0.5, 0.6) is 0 Å². The zero-order valence-electron chi connectivity index (χ0n) is 18.9. The normalized spacial score (nSPS) is 31.2. The molecule has 1 aliphatic carbocycles. The van der Waals surface area contributed by atoms with Gasteiger partial charge in [0.2, 0.25) is 6.41 Å². The van der Waals surface area contributed by atoms with Crippen LogP contribution in [0.2, 0.25) is 0 Å². The first-order valence-corrected chi connectivity index (χ1v) is 12.5. The zero-order valence-corrected chi connectivity index (χ0v) is 19.7. The van der Waals surface area contributed by atoms with Gasteiger partial charge in [-0.3, -0.25) is 9.79 Å². The molecule has 174 valence electrons. The summed E-state index contributed by atoms with van der Waals surface area (Å²) in [5.41, 5.74) is 1.60. The molecule has 3 aliphatic rings. The molecular weight excluding hydrogens is 430 g/mol. The molecule has 32 heavy (non-hydrogen) atoms. The van der Waals surface area contributed by atoms with Gasteiger partial charge in [-0.1, -0.05) is 19.1 Å². The monoisotopic (exact) mass is 462 g/mol. The minimum atomic E-state index is -0.568. The van der Waals surface area contributed by atoms with Gasteiger partial charge in [0.15, 0.2) is 0 Å². The number of nitrogens with zero attached hydrogens (tertiary/aromatic N) is 3. The Morgan fingerprint density at radius 1 is 1.34 bits per heavy atom. The molecule has 8 heteroatoms. The molecule has 0 saturated carbocycles. The Kier molecular flexibility index (Phi) is 7.20. The van der Waals surface area contributed by atoms with E-state index in [1.807, 2.05) is 11.9 Å². The number of thioether (sulfide) groups is 1. The summed E-state index contributed by atoms with van der Waals surface area (Å²) in [6.07, 6.45) is 3.96. The van der Waals surface area contributed by atoms with Crippen molar-refractivity contribution in [2.24, 2.45) is 10.9 Å². The van der Waals surface area contributed by atoms with Gasteiger partial charge in [0.25, 0.3) is 0 Å². The zero-order chi connectivity index (χ0) is 22.8. The SMILES string of the molecule is CCC1C=C(C(=NC)N2CCNCC2C)C2C(SCCN2C=O)C1c1ccc(F)cc1F. The van der Waals surface area contributed by atoms with Gasteiger partial charge in [0, 0.05) is 67.8 Å². The number of allylic oxidation sites excluding steroid dienone is 1. The molecule has 2 fully saturated rings. The number of halogens is 2. The highest BCUT2D eigenvalue weighted by molar-refractivity contribution is 8.00. The smallest absolute Gasteiger partial charge is 0.210 e. The number of rotatable bonds is 4. The van der Waals surface area contributed by atoms with Crippen LogP contribution in [0, 0.1) is 17.6 Å². The van der Waals surface area contributed by atoms with Crippen molar-refractivity contribution in [1.82, 2.24) is 15.1 Å². The first-order chi connectivity index (χ1) is 15.5. The third kappa shape index (κ3) is 4.19. The van der Waals surface area contributed by atoms with Crippen molar-refractivity contribution in [3.05, 3.63) is 47.0 Å². The Bertz CT molecular complexity index is 908. The van der Waals surface area contributed by atoms with Gasteiger partial charge >= 0.3 is 0 Å². The van der Waals surface area contributed by atoms with Crippen LogP contribution in [0.3, 0.4) is 0 Å². The third-order valence-corrected chi connectivity index (χ3v) is 8.38. The Hall–Kier alpha value is -1.93. The lowest BCUT2D eigenvalue weighted by Gasteiger charge is -2.50. The molecule has 4 rings (SSSR count). The number of aliphatic imine (C=N–C) groups is 1. The number of piperazine rings is 1. The van der Waals surface area contributed by atoms with Crippen LogP contribution in [-0.4, -0.2) is 78.4 Å². The van der Waals surface area contributed by atoms with E-state index in [9.17, 15) is 13.6 Å². The number of fused-ring (bicyclic) bond motifs is 1. The van der Waals surface area contributed by atoms with Crippen molar-refractivity contribution in [3.8, 4) is 0 Å². The van der Waals surface area contributed by atoms with E-state index in [-0.39, 0.29) is 29.2 Å². The number of benzene rings is 1. The van der Waals surface area contributed by atoms with E-state index >= 15 is 0 Å². The van der Waals surface area contributed by atoms with Crippen LogP contribution in [0.4, 0.5) is 8.78 Å². The van der Waals surface area contributed by atoms with E-state index in [0.29, 0.717) is 12.1 Å². The molecule has 5 atom stereocenters. The van der Waals surface area contributed by atoms with Crippen LogP contribution >= 0.6 is 11.8 Å². The molecule has 1 aromatic rings. The fourth-order valence-electron chi connectivity index (χ4n) is 5.50. The molecule has 2 saturated heterocycles. The first kappa shape index (κ1) is 23.2. The van der Waals surface area contributed by atoms with E-state index < -0.39 is 11.6 Å². The highest BCUT2D eigenvalue weighted by Gasteiger charge is 2.47. The largest absolute Gasteiger partial charge is 0.351 e. The number of carbonyl (C=O) groups excluding carboxylic acids is 1. The van der Waals surface area contributed by atoms with E-state index in [2.05, 4.69) is 30.1 Å². The fraction of sp³-hybridized carbons (Fsp3) is 0.583. The highest BCUT2D eigenvalue weighted by Crippen LogP contribution is 2.48. The van der Waals surface area contributed by atoms with Crippen molar-refractivity contribution >= 4 is 24.0 Å². The van der Waals surface area contributed by atoms with Crippen molar-refractivity contribution in [2.75, 3.05) is 39.0 Å². The fourth-order valence-corrected chi connectivity index (χ4v) is 7.13. The van der Waals surface area contributed by atoms with Crippen LogP contribution in [-0.2, 0) is 4.79 Å². The van der Waals surface area contributed by atoms with Gasteiger partial charge in [-0.05, 0) is 30.9 Å².